The normalized spacial score (nSPS) is 22.9. The molecule has 2 aliphatic rings. The van der Waals surface area contributed by atoms with Crippen LogP contribution in [-0.2, 0) is 24.3 Å². The molecule has 2 fully saturated rings. The summed E-state index contributed by atoms with van der Waals surface area (Å²) in [5, 5.41) is 0.400. The lowest BCUT2D eigenvalue weighted by Crippen LogP contribution is -2.52. The monoisotopic (exact) mass is 430 g/mol. The lowest BCUT2D eigenvalue weighted by Gasteiger charge is -2.45. The van der Waals surface area contributed by atoms with Gasteiger partial charge in [-0.3, -0.25) is 4.79 Å². The zero-order chi connectivity index (χ0) is 20.4. The molecule has 2 heterocycles. The van der Waals surface area contributed by atoms with Crippen molar-refractivity contribution in [3.63, 3.8) is 0 Å². The van der Waals surface area contributed by atoms with E-state index in [2.05, 4.69) is 0 Å². The molecule has 9 heteroatoms. The first kappa shape index (κ1) is 21.5. The number of nitrogens with zero attached hydrogens (tertiary/aromatic N) is 2. The van der Waals surface area contributed by atoms with E-state index in [1.165, 1.54) is 15.3 Å². The minimum absolute atomic E-state index is 0.0475. The number of hydrogen-bond donors (Lipinski definition) is 0. The number of likely N-dealkylation sites (N-methyl/N-ethyl adjacent to an activating group) is 1. The Hall–Kier alpha value is -1.19. The van der Waals surface area contributed by atoms with E-state index in [0.717, 1.165) is 6.42 Å². The third kappa shape index (κ3) is 4.86. The third-order valence-electron chi connectivity index (χ3n) is 5.46. The summed E-state index contributed by atoms with van der Waals surface area (Å²) >= 11 is 5.95. The first-order chi connectivity index (χ1) is 13.2. The number of halogens is 1. The Morgan fingerprint density at radius 2 is 2.07 bits per heavy atom. The van der Waals surface area contributed by atoms with Crippen molar-refractivity contribution in [3.8, 4) is 0 Å². The smallest absolute Gasteiger partial charge is 0.248 e. The van der Waals surface area contributed by atoms with E-state index >= 15 is 0 Å². The van der Waals surface area contributed by atoms with E-state index in [1.807, 2.05) is 0 Å². The zero-order valence-corrected chi connectivity index (χ0v) is 17.8. The van der Waals surface area contributed by atoms with E-state index in [4.69, 9.17) is 21.1 Å². The van der Waals surface area contributed by atoms with Gasteiger partial charge in [-0.2, -0.15) is 4.31 Å². The highest BCUT2D eigenvalue weighted by Crippen LogP contribution is 2.37. The van der Waals surface area contributed by atoms with Crippen molar-refractivity contribution in [2.24, 2.45) is 0 Å². The standard InChI is InChI=1S/C19H27ClN2O5S/c1-21(2)18(23)14-26-16-6-11-27-19(13-16)7-9-22(10-8-19)28(24,25)17-5-3-4-15(20)12-17/h3-5,12,16H,6-11,13-14H2,1-2H3. The Morgan fingerprint density at radius 1 is 1.36 bits per heavy atom. The molecule has 1 amide bonds. The minimum atomic E-state index is -3.57. The molecular weight excluding hydrogens is 404 g/mol. The van der Waals surface area contributed by atoms with E-state index < -0.39 is 10.0 Å². The van der Waals surface area contributed by atoms with Gasteiger partial charge in [-0.15, -0.1) is 0 Å². The molecular formula is C19H27ClN2O5S. The Bertz CT molecular complexity index is 806. The van der Waals surface area contributed by atoms with Crippen LogP contribution in [0.25, 0.3) is 0 Å². The van der Waals surface area contributed by atoms with Crippen LogP contribution in [0.4, 0.5) is 0 Å². The van der Waals surface area contributed by atoms with E-state index in [-0.39, 0.29) is 29.1 Å². The maximum Gasteiger partial charge on any atom is 0.248 e. The number of ether oxygens (including phenoxy) is 2. The van der Waals surface area contributed by atoms with Crippen molar-refractivity contribution in [1.29, 1.82) is 0 Å². The van der Waals surface area contributed by atoms with Gasteiger partial charge in [-0.1, -0.05) is 17.7 Å². The second-order valence-corrected chi connectivity index (χ2v) is 9.98. The summed E-state index contributed by atoms with van der Waals surface area (Å²) in [7, 11) is -0.169. The van der Waals surface area contributed by atoms with Crippen molar-refractivity contribution < 1.29 is 22.7 Å². The van der Waals surface area contributed by atoms with Crippen LogP contribution in [0.2, 0.25) is 5.02 Å². The Kier molecular flexibility index (Phi) is 6.66. The summed E-state index contributed by atoms with van der Waals surface area (Å²) in [5.74, 6) is -0.0667. The molecule has 2 saturated heterocycles. The highest BCUT2D eigenvalue weighted by molar-refractivity contribution is 7.89. The summed E-state index contributed by atoms with van der Waals surface area (Å²) in [6.07, 6.45) is 2.59. The number of carbonyl (C=O) groups is 1. The SMILES string of the molecule is CN(C)C(=O)COC1CCOC2(CCN(S(=O)(=O)c3cccc(Cl)c3)CC2)C1. The summed E-state index contributed by atoms with van der Waals surface area (Å²) in [4.78, 5) is 13.5. The highest BCUT2D eigenvalue weighted by atomic mass is 35.5. The Balaban J connectivity index is 1.60. The van der Waals surface area contributed by atoms with Gasteiger partial charge < -0.3 is 14.4 Å². The number of sulfonamides is 1. The average Bonchev–Trinajstić information content (AvgIpc) is 2.66. The Labute approximate surface area is 171 Å². The molecule has 0 aliphatic carbocycles. The number of amides is 1. The molecule has 1 unspecified atom stereocenters. The van der Waals surface area contributed by atoms with Crippen LogP contribution >= 0.6 is 11.6 Å². The molecule has 0 radical (unpaired) electrons. The molecule has 3 rings (SSSR count). The van der Waals surface area contributed by atoms with Crippen LogP contribution in [0, 0.1) is 0 Å². The molecule has 1 aromatic rings. The van der Waals surface area contributed by atoms with Gasteiger partial charge in [0.05, 0.1) is 16.6 Å². The molecule has 0 saturated carbocycles. The fourth-order valence-corrected chi connectivity index (χ4v) is 5.45. The predicted molar refractivity (Wildman–Crippen MR) is 106 cm³/mol. The first-order valence-electron chi connectivity index (χ1n) is 9.43. The van der Waals surface area contributed by atoms with Gasteiger partial charge in [-0.25, -0.2) is 8.42 Å². The fourth-order valence-electron chi connectivity index (χ4n) is 3.70. The van der Waals surface area contributed by atoms with Gasteiger partial charge in [-0.05, 0) is 37.5 Å². The van der Waals surface area contributed by atoms with Crippen LogP contribution < -0.4 is 0 Å². The lowest BCUT2D eigenvalue weighted by atomic mass is 9.84. The summed E-state index contributed by atoms with van der Waals surface area (Å²) < 4.78 is 39.1. The maximum atomic E-state index is 12.9. The van der Waals surface area contributed by atoms with Crippen LogP contribution in [-0.4, -0.2) is 75.6 Å². The highest BCUT2D eigenvalue weighted by Gasteiger charge is 2.43. The van der Waals surface area contributed by atoms with Crippen molar-refractivity contribution in [2.75, 3.05) is 40.4 Å². The molecule has 0 aromatic heterocycles. The average molecular weight is 431 g/mol. The largest absolute Gasteiger partial charge is 0.375 e. The minimum Gasteiger partial charge on any atom is -0.375 e. The predicted octanol–water partition coefficient (Wildman–Crippen LogP) is 2.15. The van der Waals surface area contributed by atoms with Gasteiger partial charge in [0.15, 0.2) is 0 Å². The second kappa shape index (κ2) is 8.67. The Morgan fingerprint density at radius 3 is 2.71 bits per heavy atom. The quantitative estimate of drug-likeness (QED) is 0.715. The van der Waals surface area contributed by atoms with Crippen molar-refractivity contribution in [1.82, 2.24) is 9.21 Å². The van der Waals surface area contributed by atoms with Crippen LogP contribution in [0.1, 0.15) is 25.7 Å². The summed E-state index contributed by atoms with van der Waals surface area (Å²) in [6, 6.07) is 6.34. The molecule has 1 aromatic carbocycles. The first-order valence-corrected chi connectivity index (χ1v) is 11.3. The topological polar surface area (TPSA) is 76.2 Å². The van der Waals surface area contributed by atoms with E-state index in [1.54, 1.807) is 32.3 Å². The van der Waals surface area contributed by atoms with E-state index in [0.29, 0.717) is 44.0 Å². The van der Waals surface area contributed by atoms with Crippen molar-refractivity contribution in [3.05, 3.63) is 29.3 Å². The molecule has 7 nitrogen and oxygen atoms in total. The van der Waals surface area contributed by atoms with Crippen LogP contribution in [0.3, 0.4) is 0 Å². The lowest BCUT2D eigenvalue weighted by molar-refractivity contribution is -0.159. The van der Waals surface area contributed by atoms with Gasteiger partial charge in [0.1, 0.15) is 6.61 Å². The molecule has 1 atom stereocenters. The number of carbonyl (C=O) groups excluding carboxylic acids is 1. The van der Waals surface area contributed by atoms with Crippen molar-refractivity contribution >= 4 is 27.5 Å². The van der Waals surface area contributed by atoms with Gasteiger partial charge >= 0.3 is 0 Å². The molecule has 156 valence electrons. The molecule has 28 heavy (non-hydrogen) atoms. The zero-order valence-electron chi connectivity index (χ0n) is 16.3. The number of piperidine rings is 1. The van der Waals surface area contributed by atoms with Crippen LogP contribution in [0.15, 0.2) is 29.2 Å². The van der Waals surface area contributed by atoms with Crippen molar-refractivity contribution in [2.45, 2.75) is 42.3 Å². The van der Waals surface area contributed by atoms with Gasteiger partial charge in [0.25, 0.3) is 0 Å². The summed E-state index contributed by atoms with van der Waals surface area (Å²) in [6.45, 7) is 1.39. The fraction of sp³-hybridized carbons (Fsp3) is 0.632. The maximum absolute atomic E-state index is 12.9. The molecule has 0 N–H and O–H groups in total. The number of hydrogen-bond acceptors (Lipinski definition) is 5. The van der Waals surface area contributed by atoms with Crippen LogP contribution in [0.5, 0.6) is 0 Å². The van der Waals surface area contributed by atoms with Gasteiger partial charge in [0.2, 0.25) is 15.9 Å². The second-order valence-electron chi connectivity index (χ2n) is 7.61. The van der Waals surface area contributed by atoms with E-state index in [9.17, 15) is 13.2 Å². The molecule has 0 bridgehead atoms. The molecule has 1 spiro atoms. The third-order valence-corrected chi connectivity index (χ3v) is 7.59. The number of benzene rings is 1. The summed E-state index contributed by atoms with van der Waals surface area (Å²) in [5.41, 5.74) is -0.384. The van der Waals surface area contributed by atoms with Gasteiger partial charge in [0, 0.05) is 45.2 Å². The molecule has 2 aliphatic heterocycles. The number of rotatable bonds is 5.